The number of benzene rings is 3. The van der Waals surface area contributed by atoms with Crippen LogP contribution in [0.25, 0.3) is 0 Å². The van der Waals surface area contributed by atoms with Crippen molar-refractivity contribution in [2.75, 3.05) is 6.54 Å². The predicted molar refractivity (Wildman–Crippen MR) is 149 cm³/mol. The molecule has 0 radical (unpaired) electrons. The largest absolute Gasteiger partial charge is 0.489 e. The molecule has 1 heterocycles. The molecule has 200 valence electrons. The van der Waals surface area contributed by atoms with Crippen molar-refractivity contribution in [3.05, 3.63) is 102 Å². The van der Waals surface area contributed by atoms with E-state index in [1.165, 1.54) is 0 Å². The van der Waals surface area contributed by atoms with Gasteiger partial charge < -0.3 is 19.7 Å². The van der Waals surface area contributed by atoms with Crippen LogP contribution in [0.15, 0.2) is 84.9 Å². The Kier molecular flexibility index (Phi) is 8.72. The van der Waals surface area contributed by atoms with Crippen LogP contribution in [0.5, 0.6) is 5.75 Å². The monoisotopic (exact) mass is 514 g/mol. The lowest BCUT2D eigenvalue weighted by Crippen LogP contribution is -2.47. The Morgan fingerprint density at radius 2 is 1.55 bits per heavy atom. The summed E-state index contributed by atoms with van der Waals surface area (Å²) in [6.07, 6.45) is 1.28. The number of carbonyl (C=O) groups excluding carboxylic acids is 2. The summed E-state index contributed by atoms with van der Waals surface area (Å²) in [5, 5.41) is 3.27. The Labute approximate surface area is 226 Å². The van der Waals surface area contributed by atoms with E-state index in [4.69, 9.17) is 9.47 Å². The first-order valence-corrected chi connectivity index (χ1v) is 13.3. The third kappa shape index (κ3) is 7.15. The summed E-state index contributed by atoms with van der Waals surface area (Å²) in [4.78, 5) is 28.3. The van der Waals surface area contributed by atoms with Crippen molar-refractivity contribution in [3.63, 3.8) is 0 Å². The molecule has 1 aliphatic heterocycles. The van der Waals surface area contributed by atoms with Gasteiger partial charge in [0.2, 0.25) is 5.91 Å². The minimum Gasteiger partial charge on any atom is -0.489 e. The maximum atomic E-state index is 13.4. The minimum absolute atomic E-state index is 0.0818. The molecule has 0 aliphatic carbocycles. The van der Waals surface area contributed by atoms with E-state index in [0.29, 0.717) is 13.2 Å². The molecule has 2 unspecified atom stereocenters. The van der Waals surface area contributed by atoms with E-state index in [2.05, 4.69) is 5.32 Å². The molecule has 3 atom stereocenters. The van der Waals surface area contributed by atoms with Gasteiger partial charge in [0.1, 0.15) is 18.0 Å². The second kappa shape index (κ2) is 12.2. The molecule has 4 rings (SSSR count). The van der Waals surface area contributed by atoms with Gasteiger partial charge in [0.15, 0.2) is 0 Å². The second-order valence-electron chi connectivity index (χ2n) is 10.8. The molecular weight excluding hydrogens is 476 g/mol. The van der Waals surface area contributed by atoms with Gasteiger partial charge in [0.25, 0.3) is 0 Å². The van der Waals surface area contributed by atoms with Crippen molar-refractivity contribution in [1.29, 1.82) is 0 Å². The third-order valence-electron chi connectivity index (χ3n) is 6.79. The molecule has 38 heavy (non-hydrogen) atoms. The van der Waals surface area contributed by atoms with Gasteiger partial charge in [-0.3, -0.25) is 4.79 Å². The fraction of sp³-hybridized carbons (Fsp3) is 0.375. The Morgan fingerprint density at radius 3 is 2.18 bits per heavy atom. The first-order chi connectivity index (χ1) is 18.2. The van der Waals surface area contributed by atoms with E-state index in [-0.39, 0.29) is 30.0 Å². The average Bonchev–Trinajstić information content (AvgIpc) is 3.40. The molecule has 2 amide bonds. The Morgan fingerprint density at radius 1 is 0.921 bits per heavy atom. The van der Waals surface area contributed by atoms with Gasteiger partial charge in [-0.05, 0) is 69.4 Å². The van der Waals surface area contributed by atoms with Gasteiger partial charge >= 0.3 is 6.09 Å². The Bertz CT molecular complexity index is 1190. The smallest absolute Gasteiger partial charge is 0.410 e. The number of carbonyl (C=O) groups is 2. The lowest BCUT2D eigenvalue weighted by molar-refractivity contribution is -0.123. The first kappa shape index (κ1) is 27.2. The molecule has 6 nitrogen and oxygen atoms in total. The second-order valence-corrected chi connectivity index (χ2v) is 10.8. The van der Waals surface area contributed by atoms with Crippen molar-refractivity contribution >= 4 is 12.0 Å². The lowest BCUT2D eigenvalue weighted by Gasteiger charge is -2.34. The van der Waals surface area contributed by atoms with E-state index in [0.717, 1.165) is 35.3 Å². The fourth-order valence-electron chi connectivity index (χ4n) is 4.77. The number of ether oxygens (including phenoxy) is 2. The number of rotatable bonds is 8. The van der Waals surface area contributed by atoms with Gasteiger partial charge in [-0.15, -0.1) is 0 Å². The molecule has 1 saturated heterocycles. The summed E-state index contributed by atoms with van der Waals surface area (Å²) in [5.41, 5.74) is 2.37. The molecule has 6 heteroatoms. The van der Waals surface area contributed by atoms with Crippen LogP contribution < -0.4 is 10.1 Å². The molecule has 0 aromatic heterocycles. The third-order valence-corrected chi connectivity index (χ3v) is 6.79. The van der Waals surface area contributed by atoms with Gasteiger partial charge in [0, 0.05) is 6.54 Å². The summed E-state index contributed by atoms with van der Waals surface area (Å²) in [6, 6.07) is 26.9. The number of nitrogens with zero attached hydrogens (tertiary/aromatic N) is 1. The van der Waals surface area contributed by atoms with Crippen molar-refractivity contribution in [1.82, 2.24) is 10.2 Å². The number of amides is 2. The van der Waals surface area contributed by atoms with Crippen molar-refractivity contribution in [2.45, 2.75) is 70.7 Å². The maximum Gasteiger partial charge on any atom is 0.410 e. The van der Waals surface area contributed by atoms with Crippen LogP contribution in [0, 0.1) is 0 Å². The SMILES string of the molecule is C[C@H](C(=O)NC(c1ccc(OCc2ccccc2)cc1)C1CCCN1C(=O)OC(C)(C)C)c1ccccc1. The van der Waals surface area contributed by atoms with Crippen molar-refractivity contribution in [3.8, 4) is 5.75 Å². The molecule has 1 N–H and O–H groups in total. The summed E-state index contributed by atoms with van der Waals surface area (Å²) < 4.78 is 11.7. The molecule has 0 saturated carbocycles. The highest BCUT2D eigenvalue weighted by Crippen LogP contribution is 2.32. The highest BCUT2D eigenvalue weighted by molar-refractivity contribution is 5.83. The zero-order chi connectivity index (χ0) is 27.1. The van der Waals surface area contributed by atoms with Crippen LogP contribution >= 0.6 is 0 Å². The van der Waals surface area contributed by atoms with Crippen LogP contribution in [-0.4, -0.2) is 35.1 Å². The van der Waals surface area contributed by atoms with E-state index in [1.54, 1.807) is 4.90 Å². The molecule has 3 aromatic rings. The number of hydrogen-bond acceptors (Lipinski definition) is 4. The van der Waals surface area contributed by atoms with E-state index < -0.39 is 5.60 Å². The Balaban J connectivity index is 1.56. The molecule has 0 bridgehead atoms. The highest BCUT2D eigenvalue weighted by Gasteiger charge is 2.39. The van der Waals surface area contributed by atoms with E-state index >= 15 is 0 Å². The normalized spacial score (nSPS) is 16.9. The zero-order valence-corrected chi connectivity index (χ0v) is 22.7. The van der Waals surface area contributed by atoms with Gasteiger partial charge in [-0.25, -0.2) is 4.79 Å². The topological polar surface area (TPSA) is 67.9 Å². The molecule has 0 spiro atoms. The first-order valence-electron chi connectivity index (χ1n) is 13.3. The van der Waals surface area contributed by atoms with Crippen LogP contribution in [0.4, 0.5) is 4.79 Å². The van der Waals surface area contributed by atoms with Gasteiger partial charge in [0.05, 0.1) is 18.0 Å². The number of nitrogens with one attached hydrogen (secondary N) is 1. The van der Waals surface area contributed by atoms with Crippen molar-refractivity contribution in [2.24, 2.45) is 0 Å². The van der Waals surface area contributed by atoms with Crippen LogP contribution in [0.2, 0.25) is 0 Å². The summed E-state index contributed by atoms with van der Waals surface area (Å²) >= 11 is 0. The quantitative estimate of drug-likeness (QED) is 0.367. The maximum absolute atomic E-state index is 13.4. The summed E-state index contributed by atoms with van der Waals surface area (Å²) in [6.45, 7) is 8.58. The predicted octanol–water partition coefficient (Wildman–Crippen LogP) is 6.63. The van der Waals surface area contributed by atoms with Crippen LogP contribution in [0.3, 0.4) is 0 Å². The van der Waals surface area contributed by atoms with Crippen molar-refractivity contribution < 1.29 is 19.1 Å². The minimum atomic E-state index is -0.595. The fourth-order valence-corrected chi connectivity index (χ4v) is 4.77. The molecule has 3 aromatic carbocycles. The zero-order valence-electron chi connectivity index (χ0n) is 22.7. The highest BCUT2D eigenvalue weighted by atomic mass is 16.6. The van der Waals surface area contributed by atoms with Crippen LogP contribution in [-0.2, 0) is 16.1 Å². The summed E-state index contributed by atoms with van der Waals surface area (Å²) in [7, 11) is 0. The van der Waals surface area contributed by atoms with Gasteiger partial charge in [-0.2, -0.15) is 0 Å². The number of likely N-dealkylation sites (tertiary alicyclic amines) is 1. The van der Waals surface area contributed by atoms with E-state index in [1.807, 2.05) is 113 Å². The lowest BCUT2D eigenvalue weighted by atomic mass is 9.94. The average molecular weight is 515 g/mol. The summed E-state index contributed by atoms with van der Waals surface area (Å²) in [5.74, 6) is 0.334. The Hall–Kier alpha value is -3.80. The standard InChI is InChI=1S/C32H38N2O4/c1-23(25-14-9-6-10-15-25)30(35)33-29(28-16-11-21-34(28)31(36)38-32(2,3)4)26-17-19-27(20-18-26)37-22-24-12-7-5-8-13-24/h5-10,12-15,17-20,23,28-29H,11,16,21-22H2,1-4H3,(H,33,35)/t23-,28?,29?/m0/s1. The van der Waals surface area contributed by atoms with Crippen LogP contribution in [0.1, 0.15) is 69.2 Å². The van der Waals surface area contributed by atoms with Gasteiger partial charge in [-0.1, -0.05) is 72.8 Å². The molecule has 1 aliphatic rings. The molecular formula is C32H38N2O4. The number of hydrogen-bond donors (Lipinski definition) is 1. The molecule has 1 fully saturated rings. The van der Waals surface area contributed by atoms with E-state index in [9.17, 15) is 9.59 Å².